The zero-order valence-electron chi connectivity index (χ0n) is 18.4. The Hall–Kier alpha value is -3.70. The SMILES string of the molecule is CCOc1ccccc1Nc1nnc(SCc2nnc(-c3c(-c4ccccc4)noc3C)o2)s1. The quantitative estimate of drug-likeness (QED) is 0.246. The monoisotopic (exact) mass is 492 g/mol. The molecule has 0 saturated carbocycles. The summed E-state index contributed by atoms with van der Waals surface area (Å²) in [6.07, 6.45) is 0. The summed E-state index contributed by atoms with van der Waals surface area (Å²) >= 11 is 2.91. The van der Waals surface area contributed by atoms with E-state index < -0.39 is 0 Å². The molecule has 0 aliphatic carbocycles. The van der Waals surface area contributed by atoms with E-state index in [0.29, 0.717) is 46.3 Å². The summed E-state index contributed by atoms with van der Waals surface area (Å²) in [5.41, 5.74) is 3.14. The van der Waals surface area contributed by atoms with Crippen molar-refractivity contribution in [2.45, 2.75) is 23.9 Å². The number of hydrogen-bond acceptors (Lipinski definition) is 11. The largest absolute Gasteiger partial charge is 0.492 e. The number of benzene rings is 2. The number of hydrogen-bond donors (Lipinski definition) is 1. The highest BCUT2D eigenvalue weighted by Gasteiger charge is 2.22. The van der Waals surface area contributed by atoms with E-state index in [1.54, 1.807) is 0 Å². The first-order valence-corrected chi connectivity index (χ1v) is 12.3. The van der Waals surface area contributed by atoms with Gasteiger partial charge in [0.1, 0.15) is 22.8 Å². The van der Waals surface area contributed by atoms with Gasteiger partial charge in [-0.3, -0.25) is 0 Å². The van der Waals surface area contributed by atoms with Crippen molar-refractivity contribution in [1.29, 1.82) is 0 Å². The van der Waals surface area contributed by atoms with Crippen LogP contribution in [0.5, 0.6) is 5.75 Å². The summed E-state index contributed by atoms with van der Waals surface area (Å²) in [5.74, 6) is 2.70. The molecule has 0 amide bonds. The number of nitrogens with one attached hydrogen (secondary N) is 1. The van der Waals surface area contributed by atoms with Crippen LogP contribution in [0.1, 0.15) is 18.6 Å². The van der Waals surface area contributed by atoms with Gasteiger partial charge >= 0.3 is 0 Å². The number of thioether (sulfide) groups is 1. The van der Waals surface area contributed by atoms with Crippen molar-refractivity contribution in [3.05, 3.63) is 66.2 Å². The van der Waals surface area contributed by atoms with Crippen LogP contribution in [0.4, 0.5) is 10.8 Å². The van der Waals surface area contributed by atoms with E-state index in [-0.39, 0.29) is 0 Å². The van der Waals surface area contributed by atoms with E-state index in [0.717, 1.165) is 21.3 Å². The lowest BCUT2D eigenvalue weighted by molar-refractivity contribution is 0.342. The molecule has 0 bridgehead atoms. The Kier molecular flexibility index (Phi) is 6.54. The van der Waals surface area contributed by atoms with Crippen LogP contribution in [0.25, 0.3) is 22.7 Å². The fourth-order valence-corrected chi connectivity index (χ4v) is 4.84. The lowest BCUT2D eigenvalue weighted by Crippen LogP contribution is -1.97. The molecule has 0 radical (unpaired) electrons. The predicted octanol–water partition coefficient (Wildman–Crippen LogP) is 5.99. The minimum absolute atomic E-state index is 0.375. The molecule has 0 fully saturated rings. The lowest BCUT2D eigenvalue weighted by Gasteiger charge is -2.09. The molecule has 0 saturated heterocycles. The van der Waals surface area contributed by atoms with Gasteiger partial charge < -0.3 is 19.0 Å². The summed E-state index contributed by atoms with van der Waals surface area (Å²) in [6, 6.07) is 17.5. The van der Waals surface area contributed by atoms with Crippen LogP contribution in [0.3, 0.4) is 0 Å². The van der Waals surface area contributed by atoms with Crippen LogP contribution in [-0.2, 0) is 5.75 Å². The van der Waals surface area contributed by atoms with E-state index in [9.17, 15) is 0 Å². The molecule has 9 nitrogen and oxygen atoms in total. The molecular weight excluding hydrogens is 472 g/mol. The van der Waals surface area contributed by atoms with Crippen molar-refractivity contribution in [1.82, 2.24) is 25.6 Å². The molecular formula is C23H20N6O3S2. The number of aryl methyl sites for hydroxylation is 1. The lowest BCUT2D eigenvalue weighted by atomic mass is 10.1. The van der Waals surface area contributed by atoms with Crippen molar-refractivity contribution in [2.75, 3.05) is 11.9 Å². The zero-order valence-corrected chi connectivity index (χ0v) is 20.0. The fourth-order valence-electron chi connectivity index (χ4n) is 3.24. The number of para-hydroxylation sites is 2. The topological polar surface area (TPSA) is 112 Å². The van der Waals surface area contributed by atoms with Gasteiger partial charge in [0.2, 0.25) is 11.0 Å². The molecule has 172 valence electrons. The van der Waals surface area contributed by atoms with E-state index >= 15 is 0 Å². The van der Waals surface area contributed by atoms with E-state index in [2.05, 4.69) is 30.9 Å². The second kappa shape index (κ2) is 10.1. The number of rotatable bonds is 9. The number of nitrogens with zero attached hydrogens (tertiary/aromatic N) is 5. The average molecular weight is 493 g/mol. The Morgan fingerprint density at radius 3 is 2.68 bits per heavy atom. The summed E-state index contributed by atoms with van der Waals surface area (Å²) in [7, 11) is 0. The van der Waals surface area contributed by atoms with Gasteiger partial charge in [-0.25, -0.2) is 0 Å². The third-order valence-corrected chi connectivity index (χ3v) is 6.70. The standard InChI is InChI=1S/C23H20N6O3S2/c1-3-30-17-12-8-7-11-16(17)24-22-27-28-23(34-22)33-13-18-25-26-21(31-18)19-14(2)32-29-20(19)15-9-5-4-6-10-15/h4-12H,3,13H2,1-2H3,(H,24,27). The molecule has 5 rings (SSSR count). The molecule has 0 aliphatic heterocycles. The Bertz CT molecular complexity index is 1380. The van der Waals surface area contributed by atoms with Crippen LogP contribution >= 0.6 is 23.1 Å². The zero-order chi connectivity index (χ0) is 23.3. The Morgan fingerprint density at radius 2 is 1.82 bits per heavy atom. The van der Waals surface area contributed by atoms with Gasteiger partial charge in [0, 0.05) is 5.56 Å². The smallest absolute Gasteiger partial charge is 0.253 e. The first-order chi connectivity index (χ1) is 16.7. The van der Waals surface area contributed by atoms with Gasteiger partial charge in [0.15, 0.2) is 4.34 Å². The highest BCUT2D eigenvalue weighted by Crippen LogP contribution is 2.35. The Labute approximate surface area is 203 Å². The molecule has 3 heterocycles. The van der Waals surface area contributed by atoms with Gasteiger partial charge in [-0.2, -0.15) is 0 Å². The highest BCUT2D eigenvalue weighted by molar-refractivity contribution is 8.00. The molecule has 0 unspecified atom stereocenters. The first-order valence-electron chi connectivity index (χ1n) is 10.5. The molecule has 0 spiro atoms. The molecule has 0 aliphatic rings. The summed E-state index contributed by atoms with van der Waals surface area (Å²) in [6.45, 7) is 4.36. The molecule has 34 heavy (non-hydrogen) atoms. The molecule has 0 atom stereocenters. The van der Waals surface area contributed by atoms with Crippen LogP contribution in [0.2, 0.25) is 0 Å². The van der Waals surface area contributed by atoms with Crippen molar-refractivity contribution < 1.29 is 13.7 Å². The van der Waals surface area contributed by atoms with Crippen LogP contribution in [0, 0.1) is 6.92 Å². The average Bonchev–Trinajstić information content (AvgIpc) is 3.60. The summed E-state index contributed by atoms with van der Waals surface area (Å²) < 4.78 is 17.8. The van der Waals surface area contributed by atoms with Crippen molar-refractivity contribution in [3.63, 3.8) is 0 Å². The van der Waals surface area contributed by atoms with E-state index in [1.807, 2.05) is 68.4 Å². The maximum absolute atomic E-state index is 5.92. The number of anilines is 2. The summed E-state index contributed by atoms with van der Waals surface area (Å²) in [5, 5.41) is 25.0. The molecule has 3 aromatic heterocycles. The van der Waals surface area contributed by atoms with Crippen LogP contribution in [-0.4, -0.2) is 32.2 Å². The van der Waals surface area contributed by atoms with Gasteiger partial charge in [-0.1, -0.05) is 70.7 Å². The normalized spacial score (nSPS) is 11.0. The van der Waals surface area contributed by atoms with E-state index in [4.69, 9.17) is 13.7 Å². The minimum atomic E-state index is 0.375. The second-order valence-electron chi connectivity index (χ2n) is 7.05. The third kappa shape index (κ3) is 4.80. The minimum Gasteiger partial charge on any atom is -0.492 e. The van der Waals surface area contributed by atoms with Crippen LogP contribution < -0.4 is 10.1 Å². The second-order valence-corrected chi connectivity index (χ2v) is 9.25. The highest BCUT2D eigenvalue weighted by atomic mass is 32.2. The van der Waals surface area contributed by atoms with Crippen molar-refractivity contribution >= 4 is 33.9 Å². The Morgan fingerprint density at radius 1 is 1.00 bits per heavy atom. The van der Waals surface area contributed by atoms with Crippen molar-refractivity contribution in [2.24, 2.45) is 0 Å². The van der Waals surface area contributed by atoms with E-state index in [1.165, 1.54) is 23.1 Å². The molecule has 5 aromatic rings. The number of aromatic nitrogens is 5. The number of ether oxygens (including phenoxy) is 1. The Balaban J connectivity index is 1.26. The van der Waals surface area contributed by atoms with Gasteiger partial charge in [-0.15, -0.1) is 20.4 Å². The van der Waals surface area contributed by atoms with Gasteiger partial charge in [0.05, 0.1) is 18.0 Å². The van der Waals surface area contributed by atoms with Crippen LogP contribution in [0.15, 0.2) is 67.9 Å². The van der Waals surface area contributed by atoms with Crippen molar-refractivity contribution in [3.8, 4) is 28.5 Å². The molecule has 1 N–H and O–H groups in total. The maximum atomic E-state index is 5.92. The maximum Gasteiger partial charge on any atom is 0.253 e. The predicted molar refractivity (Wildman–Crippen MR) is 130 cm³/mol. The summed E-state index contributed by atoms with van der Waals surface area (Å²) in [4.78, 5) is 0. The van der Waals surface area contributed by atoms with Gasteiger partial charge in [0.25, 0.3) is 5.89 Å². The third-order valence-electron chi connectivity index (χ3n) is 4.74. The molecule has 2 aromatic carbocycles. The fraction of sp³-hybridized carbons (Fsp3) is 0.174. The first kappa shape index (κ1) is 22.1. The van der Waals surface area contributed by atoms with Gasteiger partial charge in [-0.05, 0) is 26.0 Å². The molecule has 11 heteroatoms.